The van der Waals surface area contributed by atoms with Crippen LogP contribution in [-0.4, -0.2) is 16.4 Å². The fraction of sp³-hybridized carbons (Fsp3) is 0.571. The summed E-state index contributed by atoms with van der Waals surface area (Å²) in [4.78, 5) is 0. The molecule has 0 saturated heterocycles. The van der Waals surface area contributed by atoms with Gasteiger partial charge in [0.05, 0.1) is 13.3 Å². The quantitative estimate of drug-likeness (QED) is 0.722. The lowest BCUT2D eigenvalue weighted by Gasteiger charge is -2.45. The molecule has 0 aliphatic rings. The van der Waals surface area contributed by atoms with Gasteiger partial charge in [0.1, 0.15) is 0 Å². The summed E-state index contributed by atoms with van der Waals surface area (Å²) in [5, 5.41) is -0.0846. The molecule has 1 aromatic rings. The third-order valence-electron chi connectivity index (χ3n) is 3.27. The maximum absolute atomic E-state index is 6.58. The van der Waals surface area contributed by atoms with Crippen LogP contribution in [0.1, 0.15) is 12.5 Å². The summed E-state index contributed by atoms with van der Waals surface area (Å²) in [7, 11) is -3.00. The van der Waals surface area contributed by atoms with E-state index in [4.69, 9.17) is 4.43 Å². The average molecular weight is 267 g/mol. The van der Waals surface area contributed by atoms with Crippen molar-refractivity contribution >= 4 is 16.4 Å². The minimum Gasteiger partial charge on any atom is -0.411 e. The van der Waals surface area contributed by atoms with Crippen LogP contribution in [0, 0.1) is 0 Å². The molecule has 1 nitrogen and oxygen atoms in total. The van der Waals surface area contributed by atoms with Crippen molar-refractivity contribution in [2.24, 2.45) is 0 Å². The van der Waals surface area contributed by atoms with Crippen molar-refractivity contribution in [2.45, 2.75) is 51.4 Å². The first kappa shape index (κ1) is 14.7. The first-order valence-electron chi connectivity index (χ1n) is 6.32. The van der Waals surface area contributed by atoms with Gasteiger partial charge in [-0.1, -0.05) is 50.0 Å². The molecule has 96 valence electrons. The smallest absolute Gasteiger partial charge is 0.184 e. The van der Waals surface area contributed by atoms with E-state index < -0.39 is 16.4 Å². The summed E-state index contributed by atoms with van der Waals surface area (Å²) in [6.07, 6.45) is 0. The Morgan fingerprint density at radius 3 is 1.71 bits per heavy atom. The van der Waals surface area contributed by atoms with Crippen LogP contribution < -0.4 is 0 Å². The second-order valence-corrected chi connectivity index (χ2v) is 16.7. The molecular formula is C14H26OSi2. The second kappa shape index (κ2) is 4.71. The van der Waals surface area contributed by atoms with Crippen LogP contribution in [0.25, 0.3) is 0 Å². The van der Waals surface area contributed by atoms with E-state index in [0.29, 0.717) is 0 Å². The Morgan fingerprint density at radius 2 is 1.35 bits per heavy atom. The zero-order valence-corrected chi connectivity index (χ0v) is 14.3. The van der Waals surface area contributed by atoms with Crippen molar-refractivity contribution in [1.82, 2.24) is 0 Å². The molecule has 0 N–H and O–H groups in total. The van der Waals surface area contributed by atoms with Crippen molar-refractivity contribution in [3.63, 3.8) is 0 Å². The average Bonchev–Trinajstić information content (AvgIpc) is 2.14. The van der Waals surface area contributed by atoms with Crippen molar-refractivity contribution in [1.29, 1.82) is 0 Å². The van der Waals surface area contributed by atoms with E-state index in [9.17, 15) is 0 Å². The van der Waals surface area contributed by atoms with Crippen LogP contribution in [0.3, 0.4) is 0 Å². The molecule has 1 unspecified atom stereocenters. The lowest BCUT2D eigenvalue weighted by molar-refractivity contribution is 0.157. The van der Waals surface area contributed by atoms with Gasteiger partial charge in [0.25, 0.3) is 0 Å². The molecule has 0 aromatic heterocycles. The topological polar surface area (TPSA) is 9.23 Å². The zero-order valence-electron chi connectivity index (χ0n) is 12.3. The van der Waals surface area contributed by atoms with E-state index in [-0.39, 0.29) is 5.22 Å². The van der Waals surface area contributed by atoms with Crippen molar-refractivity contribution < 1.29 is 4.43 Å². The maximum Gasteiger partial charge on any atom is 0.184 e. The van der Waals surface area contributed by atoms with Gasteiger partial charge >= 0.3 is 0 Å². The minimum absolute atomic E-state index is 0.0846. The molecule has 0 fully saturated rings. The van der Waals surface area contributed by atoms with E-state index in [1.807, 2.05) is 0 Å². The molecule has 1 atom stereocenters. The fourth-order valence-electron chi connectivity index (χ4n) is 2.01. The molecule has 1 rings (SSSR count). The van der Waals surface area contributed by atoms with E-state index in [2.05, 4.69) is 76.5 Å². The highest BCUT2D eigenvalue weighted by atomic mass is 28.4. The lowest BCUT2D eigenvalue weighted by atomic mass is 10.1. The summed E-state index contributed by atoms with van der Waals surface area (Å²) in [6.45, 7) is 16.3. The Morgan fingerprint density at radius 1 is 0.882 bits per heavy atom. The fourth-order valence-corrected chi connectivity index (χ4v) is 6.53. The molecule has 0 spiro atoms. The SMILES string of the molecule is CC(O[Si](C)(C)C)(c1ccccc1)[Si](C)(C)C. The van der Waals surface area contributed by atoms with Crippen LogP contribution in [-0.2, 0) is 9.65 Å². The summed E-state index contributed by atoms with van der Waals surface area (Å²) in [6, 6.07) is 10.7. The molecule has 0 aliphatic heterocycles. The highest BCUT2D eigenvalue weighted by Gasteiger charge is 2.44. The highest BCUT2D eigenvalue weighted by molar-refractivity contribution is 6.80. The van der Waals surface area contributed by atoms with Gasteiger partial charge in [0.2, 0.25) is 0 Å². The Kier molecular flexibility index (Phi) is 4.06. The minimum atomic E-state index is -1.55. The molecule has 17 heavy (non-hydrogen) atoms. The Bertz CT molecular complexity index is 362. The van der Waals surface area contributed by atoms with Gasteiger partial charge in [-0.25, -0.2) is 0 Å². The van der Waals surface area contributed by atoms with Gasteiger partial charge in [-0.15, -0.1) is 0 Å². The largest absolute Gasteiger partial charge is 0.411 e. The summed E-state index contributed by atoms with van der Waals surface area (Å²) in [5.41, 5.74) is 1.33. The summed E-state index contributed by atoms with van der Waals surface area (Å²) < 4.78 is 6.58. The number of hydrogen-bond acceptors (Lipinski definition) is 1. The lowest BCUT2D eigenvalue weighted by Crippen LogP contribution is -2.53. The van der Waals surface area contributed by atoms with Crippen LogP contribution in [0.15, 0.2) is 30.3 Å². The van der Waals surface area contributed by atoms with Gasteiger partial charge < -0.3 is 4.43 Å². The van der Waals surface area contributed by atoms with E-state index in [0.717, 1.165) is 0 Å². The van der Waals surface area contributed by atoms with Gasteiger partial charge in [0.15, 0.2) is 8.32 Å². The molecule has 0 saturated carbocycles. The van der Waals surface area contributed by atoms with Crippen LogP contribution in [0.4, 0.5) is 0 Å². The molecule has 0 heterocycles. The Labute approximate surface area is 108 Å². The van der Waals surface area contributed by atoms with Crippen LogP contribution >= 0.6 is 0 Å². The number of benzene rings is 1. The van der Waals surface area contributed by atoms with Crippen LogP contribution in [0.2, 0.25) is 39.3 Å². The van der Waals surface area contributed by atoms with Crippen LogP contribution in [0.5, 0.6) is 0 Å². The normalized spacial score (nSPS) is 16.6. The third kappa shape index (κ3) is 3.53. The van der Waals surface area contributed by atoms with Crippen molar-refractivity contribution in [2.75, 3.05) is 0 Å². The molecule has 0 amide bonds. The predicted molar refractivity (Wildman–Crippen MR) is 81.6 cm³/mol. The monoisotopic (exact) mass is 266 g/mol. The molecule has 0 aliphatic carbocycles. The number of rotatable bonds is 4. The van der Waals surface area contributed by atoms with E-state index in [1.165, 1.54) is 5.56 Å². The maximum atomic E-state index is 6.58. The molecule has 1 aromatic carbocycles. The molecule has 0 bridgehead atoms. The molecule has 3 heteroatoms. The van der Waals surface area contributed by atoms with Crippen molar-refractivity contribution in [3.8, 4) is 0 Å². The first-order valence-corrected chi connectivity index (χ1v) is 13.2. The second-order valence-electron chi connectivity index (χ2n) is 6.86. The third-order valence-corrected chi connectivity index (χ3v) is 7.74. The highest BCUT2D eigenvalue weighted by Crippen LogP contribution is 2.37. The predicted octanol–water partition coefficient (Wildman–Crippen LogP) is 4.63. The molecule has 0 radical (unpaired) electrons. The van der Waals surface area contributed by atoms with Gasteiger partial charge in [-0.3, -0.25) is 0 Å². The zero-order chi connectivity index (χ0) is 13.3. The Balaban J connectivity index is 3.22. The van der Waals surface area contributed by atoms with E-state index in [1.54, 1.807) is 0 Å². The summed E-state index contributed by atoms with van der Waals surface area (Å²) in [5.74, 6) is 0. The van der Waals surface area contributed by atoms with Gasteiger partial charge in [-0.05, 0) is 32.1 Å². The van der Waals surface area contributed by atoms with Gasteiger partial charge in [0, 0.05) is 0 Å². The number of hydrogen-bond donors (Lipinski definition) is 0. The van der Waals surface area contributed by atoms with Gasteiger partial charge in [-0.2, -0.15) is 0 Å². The van der Waals surface area contributed by atoms with E-state index >= 15 is 0 Å². The van der Waals surface area contributed by atoms with Crippen molar-refractivity contribution in [3.05, 3.63) is 35.9 Å². The standard InChI is InChI=1S/C14H26OSi2/c1-14(16(2,3)4,15-17(5,6)7)13-11-9-8-10-12-13/h8-12H,1-7H3. The summed E-state index contributed by atoms with van der Waals surface area (Å²) >= 11 is 0. The Hall–Kier alpha value is -0.386. The first-order chi connectivity index (χ1) is 7.56. The molecular weight excluding hydrogens is 240 g/mol.